The van der Waals surface area contributed by atoms with Crippen LogP contribution >= 0.6 is 11.8 Å². The monoisotopic (exact) mass is 247 g/mol. The highest BCUT2D eigenvalue weighted by Crippen LogP contribution is 2.22. The van der Waals surface area contributed by atoms with E-state index in [0.29, 0.717) is 11.0 Å². The second-order valence-electron chi connectivity index (χ2n) is 3.99. The van der Waals surface area contributed by atoms with E-state index in [0.717, 1.165) is 39.0 Å². The first kappa shape index (κ1) is 13.8. The average molecular weight is 247 g/mol. The Morgan fingerprint density at radius 2 is 2.25 bits per heavy atom. The first-order chi connectivity index (χ1) is 7.74. The van der Waals surface area contributed by atoms with Crippen molar-refractivity contribution in [2.75, 3.05) is 25.5 Å². The molecule has 1 rings (SSSR count). The summed E-state index contributed by atoms with van der Waals surface area (Å²) in [5, 5.41) is 12.7. The van der Waals surface area contributed by atoms with Gasteiger partial charge in [0.05, 0.1) is 0 Å². The molecule has 5 heteroatoms. The number of aliphatic carboxylic acids is 1. The van der Waals surface area contributed by atoms with Crippen LogP contribution in [0.1, 0.15) is 26.2 Å². The Balaban J connectivity index is 2.22. The van der Waals surface area contributed by atoms with Crippen molar-refractivity contribution in [3.63, 3.8) is 0 Å². The standard InChI is InChI=1S/C11H21NO3S/c1-2-5-12-10(11(13)14)8-16-9-3-6-15-7-4-9/h9-10,12H,2-8H2,1H3,(H,13,14). The van der Waals surface area contributed by atoms with Crippen molar-refractivity contribution in [1.82, 2.24) is 5.32 Å². The summed E-state index contributed by atoms with van der Waals surface area (Å²) >= 11 is 1.76. The summed E-state index contributed by atoms with van der Waals surface area (Å²) in [6.07, 6.45) is 3.06. The molecule has 1 aliphatic heterocycles. The number of ether oxygens (including phenoxy) is 1. The highest BCUT2D eigenvalue weighted by Gasteiger charge is 2.20. The zero-order valence-electron chi connectivity index (χ0n) is 9.78. The molecule has 2 N–H and O–H groups in total. The number of hydrogen-bond donors (Lipinski definition) is 2. The van der Waals surface area contributed by atoms with Crippen molar-refractivity contribution in [3.8, 4) is 0 Å². The topological polar surface area (TPSA) is 58.6 Å². The van der Waals surface area contributed by atoms with Crippen LogP contribution in [0.4, 0.5) is 0 Å². The molecular formula is C11H21NO3S. The summed E-state index contributed by atoms with van der Waals surface area (Å²) in [7, 11) is 0. The molecule has 1 saturated heterocycles. The maximum absolute atomic E-state index is 11.0. The molecule has 0 aliphatic carbocycles. The number of carbonyl (C=O) groups is 1. The average Bonchev–Trinajstić information content (AvgIpc) is 2.30. The molecule has 0 aromatic rings. The van der Waals surface area contributed by atoms with E-state index in [-0.39, 0.29) is 0 Å². The highest BCUT2D eigenvalue weighted by molar-refractivity contribution is 7.99. The molecule has 1 heterocycles. The predicted molar refractivity (Wildman–Crippen MR) is 66.0 cm³/mol. The van der Waals surface area contributed by atoms with Crippen LogP contribution in [0.15, 0.2) is 0 Å². The molecule has 4 nitrogen and oxygen atoms in total. The molecule has 0 aromatic heterocycles. The van der Waals surface area contributed by atoms with Gasteiger partial charge in [-0.05, 0) is 25.8 Å². The van der Waals surface area contributed by atoms with Gasteiger partial charge in [0.15, 0.2) is 0 Å². The van der Waals surface area contributed by atoms with Crippen molar-refractivity contribution in [1.29, 1.82) is 0 Å². The van der Waals surface area contributed by atoms with Crippen molar-refractivity contribution in [2.45, 2.75) is 37.5 Å². The van der Waals surface area contributed by atoms with Crippen molar-refractivity contribution in [2.24, 2.45) is 0 Å². The number of thioether (sulfide) groups is 1. The SMILES string of the molecule is CCCNC(CSC1CCOCC1)C(=O)O. The van der Waals surface area contributed by atoms with Gasteiger partial charge in [-0.25, -0.2) is 0 Å². The molecule has 16 heavy (non-hydrogen) atoms. The van der Waals surface area contributed by atoms with Gasteiger partial charge in [0.1, 0.15) is 6.04 Å². The highest BCUT2D eigenvalue weighted by atomic mass is 32.2. The van der Waals surface area contributed by atoms with Gasteiger partial charge in [-0.1, -0.05) is 6.92 Å². The van der Waals surface area contributed by atoms with Crippen LogP contribution in [0.2, 0.25) is 0 Å². The van der Waals surface area contributed by atoms with Crippen molar-refractivity contribution < 1.29 is 14.6 Å². The maximum atomic E-state index is 11.0. The van der Waals surface area contributed by atoms with E-state index < -0.39 is 12.0 Å². The number of rotatable bonds is 7. The van der Waals surface area contributed by atoms with E-state index in [4.69, 9.17) is 9.84 Å². The molecule has 94 valence electrons. The van der Waals surface area contributed by atoms with Gasteiger partial charge in [-0.2, -0.15) is 11.8 Å². The molecule has 1 fully saturated rings. The van der Waals surface area contributed by atoms with E-state index in [2.05, 4.69) is 5.32 Å². The third-order valence-electron chi connectivity index (χ3n) is 2.61. The fraction of sp³-hybridized carbons (Fsp3) is 0.909. The molecular weight excluding hydrogens is 226 g/mol. The second kappa shape index (κ2) is 7.92. The quantitative estimate of drug-likeness (QED) is 0.711. The van der Waals surface area contributed by atoms with Gasteiger partial charge in [0, 0.05) is 24.2 Å². The van der Waals surface area contributed by atoms with Gasteiger partial charge in [0.25, 0.3) is 0 Å². The van der Waals surface area contributed by atoms with Gasteiger partial charge in [-0.15, -0.1) is 0 Å². The summed E-state index contributed by atoms with van der Waals surface area (Å²) < 4.78 is 5.27. The summed E-state index contributed by atoms with van der Waals surface area (Å²) in [6.45, 7) is 4.44. The van der Waals surface area contributed by atoms with Gasteiger partial charge < -0.3 is 15.2 Å². The minimum atomic E-state index is -0.743. The number of nitrogens with one attached hydrogen (secondary N) is 1. The Hall–Kier alpha value is -0.260. The normalized spacial score (nSPS) is 19.6. The van der Waals surface area contributed by atoms with E-state index in [9.17, 15) is 4.79 Å². The minimum Gasteiger partial charge on any atom is -0.480 e. The van der Waals surface area contributed by atoms with E-state index in [1.54, 1.807) is 11.8 Å². The van der Waals surface area contributed by atoms with Crippen LogP contribution in [0.3, 0.4) is 0 Å². The Morgan fingerprint density at radius 3 is 2.81 bits per heavy atom. The van der Waals surface area contributed by atoms with Crippen LogP contribution in [-0.2, 0) is 9.53 Å². The molecule has 1 aliphatic rings. The molecule has 1 atom stereocenters. The van der Waals surface area contributed by atoms with Crippen molar-refractivity contribution >= 4 is 17.7 Å². The molecule has 0 bridgehead atoms. The molecule has 0 radical (unpaired) electrons. The van der Waals surface area contributed by atoms with E-state index >= 15 is 0 Å². The van der Waals surface area contributed by atoms with Gasteiger partial charge in [0.2, 0.25) is 0 Å². The van der Waals surface area contributed by atoms with Crippen LogP contribution < -0.4 is 5.32 Å². The summed E-state index contributed by atoms with van der Waals surface area (Å²) in [5.41, 5.74) is 0. The zero-order valence-corrected chi connectivity index (χ0v) is 10.6. The minimum absolute atomic E-state index is 0.409. The van der Waals surface area contributed by atoms with Gasteiger partial charge >= 0.3 is 5.97 Å². The maximum Gasteiger partial charge on any atom is 0.321 e. The van der Waals surface area contributed by atoms with E-state index in [1.165, 1.54) is 0 Å². The first-order valence-corrected chi connectivity index (χ1v) is 6.94. The van der Waals surface area contributed by atoms with Crippen LogP contribution in [-0.4, -0.2) is 47.9 Å². The summed E-state index contributed by atoms with van der Waals surface area (Å²) in [5.74, 6) is -0.0898. The molecule has 1 unspecified atom stereocenters. The van der Waals surface area contributed by atoms with Crippen LogP contribution in [0.5, 0.6) is 0 Å². The number of carboxylic acid groups (broad SMARTS) is 1. The first-order valence-electron chi connectivity index (χ1n) is 5.89. The fourth-order valence-corrected chi connectivity index (χ4v) is 2.86. The Bertz CT molecular complexity index is 207. The Morgan fingerprint density at radius 1 is 1.56 bits per heavy atom. The molecule has 0 saturated carbocycles. The summed E-state index contributed by atoms with van der Waals surface area (Å²) in [4.78, 5) is 11.0. The van der Waals surface area contributed by atoms with Crippen LogP contribution in [0.25, 0.3) is 0 Å². The van der Waals surface area contributed by atoms with Crippen LogP contribution in [0, 0.1) is 0 Å². The lowest BCUT2D eigenvalue weighted by atomic mass is 10.2. The molecule has 0 spiro atoms. The predicted octanol–water partition coefficient (Wildman–Crippen LogP) is 1.35. The Labute approximate surface area is 101 Å². The number of hydrogen-bond acceptors (Lipinski definition) is 4. The summed E-state index contributed by atoms with van der Waals surface area (Å²) in [6, 6.07) is -0.409. The lowest BCUT2D eigenvalue weighted by molar-refractivity contribution is -0.138. The number of carboxylic acids is 1. The third kappa shape index (κ3) is 5.18. The fourth-order valence-electron chi connectivity index (χ4n) is 1.61. The van der Waals surface area contributed by atoms with Gasteiger partial charge in [-0.3, -0.25) is 4.79 Å². The molecule has 0 aromatic carbocycles. The second-order valence-corrected chi connectivity index (χ2v) is 5.32. The third-order valence-corrected chi connectivity index (χ3v) is 4.07. The lowest BCUT2D eigenvalue weighted by Crippen LogP contribution is -2.39. The van der Waals surface area contributed by atoms with Crippen molar-refractivity contribution in [3.05, 3.63) is 0 Å². The lowest BCUT2D eigenvalue weighted by Gasteiger charge is -2.23. The zero-order chi connectivity index (χ0) is 11.8. The molecule has 0 amide bonds. The smallest absolute Gasteiger partial charge is 0.321 e. The largest absolute Gasteiger partial charge is 0.480 e. The van der Waals surface area contributed by atoms with E-state index in [1.807, 2.05) is 6.92 Å². The Kier molecular flexibility index (Phi) is 6.84.